The Morgan fingerprint density at radius 3 is 2.44 bits per heavy atom. The van der Waals surface area contributed by atoms with Gasteiger partial charge < -0.3 is 9.84 Å². The molecule has 2 N–H and O–H groups in total. The zero-order valence-corrected chi connectivity index (χ0v) is 11.8. The van der Waals surface area contributed by atoms with Crippen molar-refractivity contribution < 1.29 is 18.3 Å². The van der Waals surface area contributed by atoms with Crippen LogP contribution >= 0.6 is 0 Å². The number of ether oxygens (including phenoxy) is 1. The molecule has 0 amide bonds. The summed E-state index contributed by atoms with van der Waals surface area (Å²) >= 11 is 0. The van der Waals surface area contributed by atoms with Crippen molar-refractivity contribution >= 4 is 10.0 Å². The Morgan fingerprint density at radius 1 is 1.39 bits per heavy atom. The van der Waals surface area contributed by atoms with Crippen molar-refractivity contribution in [2.75, 3.05) is 13.7 Å². The molecule has 0 aromatic heterocycles. The van der Waals surface area contributed by atoms with Gasteiger partial charge >= 0.3 is 0 Å². The first-order valence-corrected chi connectivity index (χ1v) is 7.22. The van der Waals surface area contributed by atoms with E-state index in [4.69, 9.17) is 4.74 Å². The number of phenols is 1. The lowest BCUT2D eigenvalue weighted by Crippen LogP contribution is -2.23. The molecule has 6 heteroatoms. The van der Waals surface area contributed by atoms with Crippen LogP contribution in [0.2, 0.25) is 0 Å². The van der Waals surface area contributed by atoms with Gasteiger partial charge in [0.15, 0.2) is 0 Å². The fourth-order valence-electron chi connectivity index (χ4n) is 1.66. The molecule has 1 rings (SSSR count). The molecule has 0 radical (unpaired) electrons. The molecule has 0 saturated carbocycles. The van der Waals surface area contributed by atoms with Crippen molar-refractivity contribution in [1.82, 2.24) is 4.72 Å². The van der Waals surface area contributed by atoms with Crippen LogP contribution in [0, 0.1) is 0 Å². The molecular weight excluding hydrogens is 254 g/mol. The summed E-state index contributed by atoms with van der Waals surface area (Å²) in [6.07, 6.45) is 0. The van der Waals surface area contributed by atoms with Crippen LogP contribution in [0.25, 0.3) is 0 Å². The third-order valence-electron chi connectivity index (χ3n) is 2.56. The molecule has 0 saturated heterocycles. The second-order valence-electron chi connectivity index (χ2n) is 4.22. The summed E-state index contributed by atoms with van der Waals surface area (Å²) in [6.45, 7) is 5.78. The molecule has 0 aliphatic carbocycles. The first-order valence-electron chi connectivity index (χ1n) is 5.74. The number of benzene rings is 1. The Balaban J connectivity index is 3.43. The van der Waals surface area contributed by atoms with E-state index < -0.39 is 10.0 Å². The summed E-state index contributed by atoms with van der Waals surface area (Å²) in [6, 6.07) is 2.79. The van der Waals surface area contributed by atoms with E-state index in [9.17, 15) is 13.5 Å². The van der Waals surface area contributed by atoms with E-state index in [1.165, 1.54) is 13.2 Å². The van der Waals surface area contributed by atoms with Crippen LogP contribution in [-0.4, -0.2) is 27.2 Å². The molecule has 0 unspecified atom stereocenters. The lowest BCUT2D eigenvalue weighted by atomic mass is 10.0. The van der Waals surface area contributed by atoms with Gasteiger partial charge in [-0.2, -0.15) is 0 Å². The zero-order valence-electron chi connectivity index (χ0n) is 11.0. The van der Waals surface area contributed by atoms with Gasteiger partial charge in [0.05, 0.1) is 7.11 Å². The minimum absolute atomic E-state index is 0.0396. The summed E-state index contributed by atoms with van der Waals surface area (Å²) in [5, 5.41) is 9.87. The molecule has 5 nitrogen and oxygen atoms in total. The smallest absolute Gasteiger partial charge is 0.244 e. The summed E-state index contributed by atoms with van der Waals surface area (Å²) in [7, 11) is -2.25. The van der Waals surface area contributed by atoms with E-state index >= 15 is 0 Å². The highest BCUT2D eigenvalue weighted by Crippen LogP contribution is 2.34. The molecule has 0 fully saturated rings. The van der Waals surface area contributed by atoms with Gasteiger partial charge in [0.25, 0.3) is 0 Å². The maximum absolute atomic E-state index is 11.9. The summed E-state index contributed by atoms with van der Waals surface area (Å²) in [4.78, 5) is -0.0475. The standard InChI is InChI=1S/C12H19NO4S/c1-5-13-18(15,16)12-7-10(14)9(8(2)3)6-11(12)17-4/h6-8,13-14H,5H2,1-4H3. The number of aromatic hydroxyl groups is 1. The molecule has 0 heterocycles. The highest BCUT2D eigenvalue weighted by molar-refractivity contribution is 7.89. The molecule has 0 atom stereocenters. The lowest BCUT2D eigenvalue weighted by Gasteiger charge is -2.15. The van der Waals surface area contributed by atoms with Crippen molar-refractivity contribution in [1.29, 1.82) is 0 Å². The highest BCUT2D eigenvalue weighted by atomic mass is 32.2. The monoisotopic (exact) mass is 273 g/mol. The average Bonchev–Trinajstić information content (AvgIpc) is 2.28. The van der Waals surface area contributed by atoms with Crippen LogP contribution in [0.1, 0.15) is 32.3 Å². The molecule has 0 aliphatic rings. The van der Waals surface area contributed by atoms with Gasteiger partial charge in [0.2, 0.25) is 10.0 Å². The Morgan fingerprint density at radius 2 is 2.00 bits per heavy atom. The van der Waals surface area contributed by atoms with Crippen LogP contribution in [0.5, 0.6) is 11.5 Å². The average molecular weight is 273 g/mol. The fourth-order valence-corrected chi connectivity index (χ4v) is 2.87. The minimum atomic E-state index is -3.65. The van der Waals surface area contributed by atoms with E-state index in [0.717, 1.165) is 0 Å². The predicted molar refractivity (Wildman–Crippen MR) is 69.6 cm³/mol. The van der Waals surface area contributed by atoms with Gasteiger partial charge in [0, 0.05) is 18.2 Å². The molecule has 0 bridgehead atoms. The zero-order chi connectivity index (χ0) is 13.9. The maximum Gasteiger partial charge on any atom is 0.244 e. The molecule has 1 aromatic rings. The number of phenolic OH excluding ortho intramolecular Hbond substituents is 1. The normalized spacial score (nSPS) is 11.8. The van der Waals surface area contributed by atoms with Gasteiger partial charge in [-0.15, -0.1) is 0 Å². The Hall–Kier alpha value is -1.27. The summed E-state index contributed by atoms with van der Waals surface area (Å²) in [5.41, 5.74) is 0.655. The van der Waals surface area contributed by atoms with Gasteiger partial charge in [0.1, 0.15) is 16.4 Å². The third kappa shape index (κ3) is 2.94. The topological polar surface area (TPSA) is 75.6 Å². The summed E-state index contributed by atoms with van der Waals surface area (Å²) < 4.78 is 31.3. The Bertz CT molecular complexity index is 523. The number of hydrogen-bond acceptors (Lipinski definition) is 4. The van der Waals surface area contributed by atoms with Gasteiger partial charge in [-0.1, -0.05) is 20.8 Å². The van der Waals surface area contributed by atoms with Gasteiger partial charge in [-0.25, -0.2) is 13.1 Å². The molecule has 102 valence electrons. The number of nitrogens with one attached hydrogen (secondary N) is 1. The number of hydrogen-bond donors (Lipinski definition) is 2. The van der Waals surface area contributed by atoms with Crippen molar-refractivity contribution in [3.8, 4) is 11.5 Å². The second kappa shape index (κ2) is 5.58. The van der Waals surface area contributed by atoms with Crippen molar-refractivity contribution in [2.24, 2.45) is 0 Å². The van der Waals surface area contributed by atoms with Gasteiger partial charge in [-0.05, 0) is 12.0 Å². The van der Waals surface area contributed by atoms with Gasteiger partial charge in [-0.3, -0.25) is 0 Å². The predicted octanol–water partition coefficient (Wildman–Crippen LogP) is 1.82. The highest BCUT2D eigenvalue weighted by Gasteiger charge is 2.22. The SMILES string of the molecule is CCNS(=O)(=O)c1cc(O)c(C(C)C)cc1OC. The quantitative estimate of drug-likeness (QED) is 0.858. The first-order chi connectivity index (χ1) is 8.33. The third-order valence-corrected chi connectivity index (χ3v) is 4.13. The maximum atomic E-state index is 11.9. The number of methoxy groups -OCH3 is 1. The number of sulfonamides is 1. The van der Waals surface area contributed by atoms with Crippen LogP contribution < -0.4 is 9.46 Å². The van der Waals surface area contributed by atoms with E-state index in [-0.39, 0.29) is 28.9 Å². The van der Waals surface area contributed by atoms with E-state index in [0.29, 0.717) is 5.56 Å². The van der Waals surface area contributed by atoms with Crippen LogP contribution in [0.4, 0.5) is 0 Å². The van der Waals surface area contributed by atoms with E-state index in [1.54, 1.807) is 13.0 Å². The van der Waals surface area contributed by atoms with Crippen molar-refractivity contribution in [2.45, 2.75) is 31.6 Å². The molecule has 1 aromatic carbocycles. The van der Waals surface area contributed by atoms with Crippen molar-refractivity contribution in [3.63, 3.8) is 0 Å². The van der Waals surface area contributed by atoms with Crippen LogP contribution in [-0.2, 0) is 10.0 Å². The van der Waals surface area contributed by atoms with E-state index in [2.05, 4.69) is 4.72 Å². The fraction of sp³-hybridized carbons (Fsp3) is 0.500. The first kappa shape index (κ1) is 14.8. The molecule has 18 heavy (non-hydrogen) atoms. The molecule has 0 aliphatic heterocycles. The largest absolute Gasteiger partial charge is 0.508 e. The Labute approximate surface area is 108 Å². The van der Waals surface area contributed by atoms with Crippen LogP contribution in [0.15, 0.2) is 17.0 Å². The lowest BCUT2D eigenvalue weighted by molar-refractivity contribution is 0.396. The number of rotatable bonds is 5. The second-order valence-corrected chi connectivity index (χ2v) is 5.95. The Kier molecular flexibility index (Phi) is 4.59. The van der Waals surface area contributed by atoms with E-state index in [1.807, 2.05) is 13.8 Å². The van der Waals surface area contributed by atoms with Crippen LogP contribution in [0.3, 0.4) is 0 Å². The summed E-state index contributed by atoms with van der Waals surface area (Å²) in [5.74, 6) is 0.273. The minimum Gasteiger partial charge on any atom is -0.508 e. The molecule has 0 spiro atoms. The molecular formula is C12H19NO4S. The van der Waals surface area contributed by atoms with Crippen molar-refractivity contribution in [3.05, 3.63) is 17.7 Å².